The summed E-state index contributed by atoms with van der Waals surface area (Å²) in [4.78, 5) is 11.2. The van der Waals surface area contributed by atoms with Crippen molar-refractivity contribution in [2.75, 3.05) is 13.7 Å². The third kappa shape index (κ3) is 2.83. The van der Waals surface area contributed by atoms with Gasteiger partial charge in [0, 0.05) is 5.56 Å². The molecule has 0 aliphatic rings. The van der Waals surface area contributed by atoms with Crippen LogP contribution in [-0.2, 0) is 4.74 Å². The molecule has 0 fully saturated rings. The van der Waals surface area contributed by atoms with Gasteiger partial charge in [-0.2, -0.15) is 0 Å². The van der Waals surface area contributed by atoms with Gasteiger partial charge < -0.3 is 9.84 Å². The van der Waals surface area contributed by atoms with Crippen LogP contribution in [0, 0.1) is 18.8 Å². The molecular formula is C12H12O3. The molecule has 0 saturated heterocycles. The van der Waals surface area contributed by atoms with Gasteiger partial charge in [0.05, 0.1) is 12.7 Å². The zero-order valence-electron chi connectivity index (χ0n) is 8.70. The number of hydrogen-bond acceptors (Lipinski definition) is 3. The predicted octanol–water partition coefficient (Wildman–Crippen LogP) is 1.13. The number of aliphatic hydroxyl groups is 1. The van der Waals surface area contributed by atoms with Gasteiger partial charge in [0.1, 0.15) is 6.61 Å². The van der Waals surface area contributed by atoms with Crippen LogP contribution in [0.4, 0.5) is 0 Å². The van der Waals surface area contributed by atoms with E-state index in [2.05, 4.69) is 16.6 Å². The Hall–Kier alpha value is -1.79. The number of esters is 1. The maximum atomic E-state index is 11.2. The zero-order chi connectivity index (χ0) is 11.3. The van der Waals surface area contributed by atoms with E-state index in [1.165, 1.54) is 7.11 Å². The Morgan fingerprint density at radius 2 is 2.27 bits per heavy atom. The van der Waals surface area contributed by atoms with Crippen LogP contribution < -0.4 is 0 Å². The summed E-state index contributed by atoms with van der Waals surface area (Å²) in [6, 6.07) is 5.14. The molecule has 78 valence electrons. The highest BCUT2D eigenvalue weighted by molar-refractivity contribution is 5.89. The lowest BCUT2D eigenvalue weighted by Gasteiger charge is -2.02. The normalized spacial score (nSPS) is 9.00. The highest BCUT2D eigenvalue weighted by Crippen LogP contribution is 2.10. The molecule has 0 saturated carbocycles. The molecule has 0 atom stereocenters. The fraction of sp³-hybridized carbons (Fsp3) is 0.250. The van der Waals surface area contributed by atoms with E-state index in [1.54, 1.807) is 18.2 Å². The Labute approximate surface area is 88.7 Å². The maximum absolute atomic E-state index is 11.2. The molecule has 0 spiro atoms. The summed E-state index contributed by atoms with van der Waals surface area (Å²) < 4.78 is 4.60. The standard InChI is InChI=1S/C12H12O3/c1-9-5-6-11(12(14)15-2)8-10(9)4-3-7-13/h5-6,8,13H,7H2,1-2H3. The molecule has 1 aromatic carbocycles. The van der Waals surface area contributed by atoms with Crippen molar-refractivity contribution in [3.05, 3.63) is 34.9 Å². The van der Waals surface area contributed by atoms with Crippen LogP contribution in [0.3, 0.4) is 0 Å². The third-order valence-electron chi connectivity index (χ3n) is 1.96. The van der Waals surface area contributed by atoms with Crippen LogP contribution in [0.5, 0.6) is 0 Å². The second kappa shape index (κ2) is 5.18. The molecule has 0 amide bonds. The second-order valence-electron chi connectivity index (χ2n) is 2.98. The van der Waals surface area contributed by atoms with Crippen molar-refractivity contribution in [1.82, 2.24) is 0 Å². The summed E-state index contributed by atoms with van der Waals surface area (Å²) in [5.41, 5.74) is 2.15. The molecule has 0 aliphatic carbocycles. The summed E-state index contributed by atoms with van der Waals surface area (Å²) in [6.07, 6.45) is 0. The van der Waals surface area contributed by atoms with Crippen molar-refractivity contribution in [2.24, 2.45) is 0 Å². The van der Waals surface area contributed by atoms with Crippen LogP contribution in [0.1, 0.15) is 21.5 Å². The fourth-order valence-corrected chi connectivity index (χ4v) is 1.14. The molecule has 0 radical (unpaired) electrons. The largest absolute Gasteiger partial charge is 0.465 e. The summed E-state index contributed by atoms with van der Waals surface area (Å²) in [7, 11) is 1.33. The van der Waals surface area contributed by atoms with Crippen molar-refractivity contribution in [3.8, 4) is 11.8 Å². The van der Waals surface area contributed by atoms with Crippen molar-refractivity contribution >= 4 is 5.97 Å². The van der Waals surface area contributed by atoms with E-state index in [9.17, 15) is 4.79 Å². The lowest BCUT2D eigenvalue weighted by Crippen LogP contribution is -2.01. The minimum absolute atomic E-state index is 0.193. The first-order valence-corrected chi connectivity index (χ1v) is 4.47. The van der Waals surface area contributed by atoms with Crippen LogP contribution >= 0.6 is 0 Å². The van der Waals surface area contributed by atoms with Gasteiger partial charge in [0.2, 0.25) is 0 Å². The van der Waals surface area contributed by atoms with Gasteiger partial charge in [-0.3, -0.25) is 0 Å². The van der Waals surface area contributed by atoms with Crippen molar-refractivity contribution in [3.63, 3.8) is 0 Å². The molecule has 0 bridgehead atoms. The van der Waals surface area contributed by atoms with Gasteiger partial charge in [-0.25, -0.2) is 4.79 Å². The molecular weight excluding hydrogens is 192 g/mol. The molecule has 0 aliphatic heterocycles. The van der Waals surface area contributed by atoms with E-state index in [1.807, 2.05) is 6.92 Å². The average molecular weight is 204 g/mol. The van der Waals surface area contributed by atoms with E-state index in [0.717, 1.165) is 11.1 Å². The van der Waals surface area contributed by atoms with Gasteiger partial charge in [-0.1, -0.05) is 17.9 Å². The van der Waals surface area contributed by atoms with E-state index in [4.69, 9.17) is 5.11 Å². The quantitative estimate of drug-likeness (QED) is 0.551. The lowest BCUT2D eigenvalue weighted by atomic mass is 10.1. The molecule has 0 aromatic heterocycles. The third-order valence-corrected chi connectivity index (χ3v) is 1.96. The SMILES string of the molecule is COC(=O)c1ccc(C)c(C#CCO)c1. The van der Waals surface area contributed by atoms with Crippen molar-refractivity contribution in [2.45, 2.75) is 6.92 Å². The predicted molar refractivity (Wildman–Crippen MR) is 56.5 cm³/mol. The first-order chi connectivity index (χ1) is 7.19. The number of carbonyl (C=O) groups is 1. The number of aliphatic hydroxyl groups excluding tert-OH is 1. The molecule has 1 N–H and O–H groups in total. The first kappa shape index (κ1) is 11.3. The van der Waals surface area contributed by atoms with Crippen LogP contribution in [0.25, 0.3) is 0 Å². The Morgan fingerprint density at radius 3 is 2.87 bits per heavy atom. The molecule has 3 heteroatoms. The molecule has 1 aromatic rings. The summed E-state index contributed by atoms with van der Waals surface area (Å²) in [5.74, 6) is 4.93. The number of methoxy groups -OCH3 is 1. The number of benzene rings is 1. The topological polar surface area (TPSA) is 46.5 Å². The Balaban J connectivity index is 3.10. The second-order valence-corrected chi connectivity index (χ2v) is 2.98. The van der Waals surface area contributed by atoms with Gasteiger partial charge in [0.15, 0.2) is 0 Å². The zero-order valence-corrected chi connectivity index (χ0v) is 8.70. The van der Waals surface area contributed by atoms with E-state index < -0.39 is 0 Å². The number of rotatable bonds is 1. The number of carbonyl (C=O) groups excluding carboxylic acids is 1. The van der Waals surface area contributed by atoms with Crippen LogP contribution in [0.15, 0.2) is 18.2 Å². The van der Waals surface area contributed by atoms with Gasteiger partial charge in [-0.05, 0) is 24.6 Å². The molecule has 15 heavy (non-hydrogen) atoms. The van der Waals surface area contributed by atoms with Gasteiger partial charge in [-0.15, -0.1) is 0 Å². The van der Waals surface area contributed by atoms with Gasteiger partial charge >= 0.3 is 5.97 Å². The maximum Gasteiger partial charge on any atom is 0.337 e. The first-order valence-electron chi connectivity index (χ1n) is 4.47. The van der Waals surface area contributed by atoms with Crippen LogP contribution in [0.2, 0.25) is 0 Å². The lowest BCUT2D eigenvalue weighted by molar-refractivity contribution is 0.0600. The van der Waals surface area contributed by atoms with Crippen LogP contribution in [-0.4, -0.2) is 24.8 Å². The Morgan fingerprint density at radius 1 is 1.53 bits per heavy atom. The molecule has 3 nitrogen and oxygen atoms in total. The summed E-state index contributed by atoms with van der Waals surface area (Å²) >= 11 is 0. The van der Waals surface area contributed by atoms with Gasteiger partial charge in [0.25, 0.3) is 0 Å². The average Bonchev–Trinajstić information content (AvgIpc) is 2.27. The van der Waals surface area contributed by atoms with E-state index >= 15 is 0 Å². The van der Waals surface area contributed by atoms with Crippen molar-refractivity contribution < 1.29 is 14.6 Å². The number of hydrogen-bond donors (Lipinski definition) is 1. The Bertz CT molecular complexity index is 424. The minimum Gasteiger partial charge on any atom is -0.465 e. The molecule has 1 rings (SSSR count). The molecule has 0 heterocycles. The number of aryl methyl sites for hydroxylation is 1. The smallest absolute Gasteiger partial charge is 0.337 e. The fourth-order valence-electron chi connectivity index (χ4n) is 1.14. The highest BCUT2D eigenvalue weighted by Gasteiger charge is 2.06. The van der Waals surface area contributed by atoms with E-state index in [0.29, 0.717) is 5.56 Å². The molecule has 0 unspecified atom stereocenters. The number of ether oxygens (including phenoxy) is 1. The van der Waals surface area contributed by atoms with Crippen molar-refractivity contribution in [1.29, 1.82) is 0 Å². The highest BCUT2D eigenvalue weighted by atomic mass is 16.5. The summed E-state index contributed by atoms with van der Waals surface area (Å²) in [5, 5.41) is 8.58. The Kier molecular flexibility index (Phi) is 3.90. The minimum atomic E-state index is -0.387. The monoisotopic (exact) mass is 204 g/mol. The summed E-state index contributed by atoms with van der Waals surface area (Å²) in [6.45, 7) is 1.70. The van der Waals surface area contributed by atoms with E-state index in [-0.39, 0.29) is 12.6 Å².